The number of benzene rings is 2. The number of phenolic OH excluding ortho intramolecular Hbond substituents is 1. The minimum atomic E-state index is -1.55. The summed E-state index contributed by atoms with van der Waals surface area (Å²) in [6, 6.07) is 2.74. The van der Waals surface area contributed by atoms with Crippen LogP contribution in [0.25, 0.3) is 0 Å². The highest BCUT2D eigenvalue weighted by molar-refractivity contribution is 7.82. The Morgan fingerprint density at radius 2 is 1.04 bits per heavy atom. The van der Waals surface area contributed by atoms with Crippen LogP contribution in [0.2, 0.25) is 0 Å². The van der Waals surface area contributed by atoms with Gasteiger partial charge in [-0.1, -0.05) is 62.7 Å². The molecule has 33 nitrogen and oxygen atoms in total. The Labute approximate surface area is 569 Å². The predicted octanol–water partition coefficient (Wildman–Crippen LogP) is -4.77. The third kappa shape index (κ3) is 28.8. The SMILES string of the molecule is CC[C@H](C)[C@H](NC(=O)[C@H](CCCN=C(N)N)NC(=O)[C@H](CCCN=C(N)N)NC(=O)[C@H](NC(=O)[C@H](Cc1ccccc1)NC(=O)CNC(=O)CNC(=O)[C@@H](N)Cc1ccc(O)cc1)C(C)(C)S)C(=O)N[C@@H](CCCN=C(N)N)C(=O)N1CCC[C@H]1C(=O)N[C@H](C(N)=O)C(C)(C)S. The first kappa shape index (κ1) is 81.1. The molecule has 35 heteroatoms. The van der Waals surface area contributed by atoms with E-state index >= 15 is 0 Å². The lowest BCUT2D eigenvalue weighted by atomic mass is 9.96. The molecule has 0 spiro atoms. The van der Waals surface area contributed by atoms with Crippen LogP contribution in [0.4, 0.5) is 0 Å². The molecule has 26 N–H and O–H groups in total. The van der Waals surface area contributed by atoms with Gasteiger partial charge in [0.05, 0.1) is 19.1 Å². The Bertz CT molecular complexity index is 3060. The van der Waals surface area contributed by atoms with Gasteiger partial charge in [0, 0.05) is 42.1 Å². The third-order valence-electron chi connectivity index (χ3n) is 15.4. The molecule has 0 saturated carbocycles. The van der Waals surface area contributed by atoms with Gasteiger partial charge < -0.3 is 104 Å². The number of carbonyl (C=O) groups excluding carboxylic acids is 11. The van der Waals surface area contributed by atoms with Gasteiger partial charge in [-0.3, -0.25) is 67.7 Å². The van der Waals surface area contributed by atoms with Gasteiger partial charge in [-0.2, -0.15) is 25.3 Å². The van der Waals surface area contributed by atoms with Crippen molar-refractivity contribution in [3.63, 3.8) is 0 Å². The number of guanidine groups is 3. The topological polar surface area (TPSA) is 565 Å². The van der Waals surface area contributed by atoms with Crippen molar-refractivity contribution in [3.8, 4) is 5.75 Å². The molecule has 3 rings (SSSR count). The normalized spacial score (nSPS) is 15.7. The summed E-state index contributed by atoms with van der Waals surface area (Å²) in [6.07, 6.45) is 0.929. The van der Waals surface area contributed by atoms with Gasteiger partial charge in [-0.05, 0) is 115 Å². The number of thiol groups is 2. The van der Waals surface area contributed by atoms with Gasteiger partial charge in [0.15, 0.2) is 17.9 Å². The molecule has 532 valence electrons. The van der Waals surface area contributed by atoms with Crippen molar-refractivity contribution in [3.05, 3.63) is 65.7 Å². The summed E-state index contributed by atoms with van der Waals surface area (Å²) in [4.78, 5) is 166. The first-order chi connectivity index (χ1) is 45.0. The number of likely N-dealkylation sites (tertiary alicyclic amines) is 1. The largest absolute Gasteiger partial charge is 0.508 e. The van der Waals surface area contributed by atoms with Crippen molar-refractivity contribution in [2.24, 2.45) is 66.8 Å². The summed E-state index contributed by atoms with van der Waals surface area (Å²) in [6.45, 7) is 8.58. The van der Waals surface area contributed by atoms with E-state index in [0.29, 0.717) is 24.0 Å². The molecule has 10 atom stereocenters. The summed E-state index contributed by atoms with van der Waals surface area (Å²) < 4.78 is -2.47. The Hall–Kier alpha value is -9.12. The highest BCUT2D eigenvalue weighted by Crippen LogP contribution is 2.24. The Balaban J connectivity index is 1.94. The summed E-state index contributed by atoms with van der Waals surface area (Å²) in [7, 11) is 0. The second-order valence-corrected chi connectivity index (χ2v) is 26.8. The second-order valence-electron chi connectivity index (χ2n) is 24.5. The molecular formula is C61H99N21O12S2. The molecule has 0 unspecified atom stereocenters. The zero-order valence-corrected chi connectivity index (χ0v) is 57.0. The van der Waals surface area contributed by atoms with Crippen molar-refractivity contribution < 1.29 is 57.8 Å². The van der Waals surface area contributed by atoms with E-state index in [0.717, 1.165) is 0 Å². The van der Waals surface area contributed by atoms with Crippen LogP contribution in [-0.4, -0.2) is 196 Å². The number of nitrogens with one attached hydrogen (secondary N) is 9. The second kappa shape index (κ2) is 39.7. The van der Waals surface area contributed by atoms with E-state index in [1.54, 1.807) is 70.2 Å². The highest BCUT2D eigenvalue weighted by Gasteiger charge is 2.43. The molecule has 1 aliphatic rings. The maximum atomic E-state index is 14.7. The number of nitrogens with two attached hydrogens (primary N) is 8. The maximum absolute atomic E-state index is 14.7. The van der Waals surface area contributed by atoms with Crippen LogP contribution in [0.15, 0.2) is 69.6 Å². The average Bonchev–Trinajstić information content (AvgIpc) is 1.57. The van der Waals surface area contributed by atoms with Crippen molar-refractivity contribution in [2.75, 3.05) is 39.3 Å². The van der Waals surface area contributed by atoms with Crippen molar-refractivity contribution >= 4 is 108 Å². The Morgan fingerprint density at radius 3 is 1.55 bits per heavy atom. The quantitative estimate of drug-likeness (QED) is 0.0129. The molecule has 0 radical (unpaired) electrons. The molecule has 2 aromatic carbocycles. The fourth-order valence-electron chi connectivity index (χ4n) is 10.0. The number of hydrogen-bond donors (Lipinski definition) is 20. The zero-order valence-electron chi connectivity index (χ0n) is 55.2. The summed E-state index contributed by atoms with van der Waals surface area (Å²) in [5.74, 6) is -10.1. The lowest BCUT2D eigenvalue weighted by molar-refractivity contribution is -0.143. The number of primary amides is 1. The third-order valence-corrected chi connectivity index (χ3v) is 15.9. The zero-order chi connectivity index (χ0) is 72.0. The molecule has 0 aliphatic carbocycles. The van der Waals surface area contributed by atoms with Crippen molar-refractivity contribution in [1.82, 2.24) is 52.8 Å². The first-order valence-corrected chi connectivity index (χ1v) is 32.4. The molecule has 1 saturated heterocycles. The molecule has 1 heterocycles. The number of carbonyl (C=O) groups is 11. The molecule has 0 aromatic heterocycles. The predicted molar refractivity (Wildman–Crippen MR) is 369 cm³/mol. The van der Waals surface area contributed by atoms with Crippen LogP contribution < -0.4 is 93.7 Å². The van der Waals surface area contributed by atoms with Gasteiger partial charge in [-0.25, -0.2) is 0 Å². The van der Waals surface area contributed by atoms with E-state index in [4.69, 9.17) is 45.9 Å². The Morgan fingerprint density at radius 1 is 0.562 bits per heavy atom. The molecular weight excluding hydrogens is 1280 g/mol. The van der Waals surface area contributed by atoms with Gasteiger partial charge in [0.25, 0.3) is 0 Å². The summed E-state index contributed by atoms with van der Waals surface area (Å²) >= 11 is 9.10. The van der Waals surface area contributed by atoms with Crippen LogP contribution in [-0.2, 0) is 65.6 Å². The van der Waals surface area contributed by atoms with E-state index in [-0.39, 0.29) is 108 Å². The first-order valence-electron chi connectivity index (χ1n) is 31.5. The summed E-state index contributed by atoms with van der Waals surface area (Å²) in [5, 5.41) is 33.2. The summed E-state index contributed by atoms with van der Waals surface area (Å²) in [5.41, 5.74) is 46.4. The van der Waals surface area contributed by atoms with Crippen LogP contribution >= 0.6 is 25.3 Å². The number of nitrogens with zero attached hydrogens (tertiary/aromatic N) is 4. The number of hydrogen-bond acceptors (Lipinski definition) is 18. The number of aliphatic imine (C=N–C) groups is 3. The van der Waals surface area contributed by atoms with E-state index in [2.05, 4.69) is 88.1 Å². The van der Waals surface area contributed by atoms with E-state index in [1.165, 1.54) is 30.9 Å². The van der Waals surface area contributed by atoms with Crippen molar-refractivity contribution in [2.45, 2.75) is 176 Å². The van der Waals surface area contributed by atoms with E-state index < -0.39 is 148 Å². The van der Waals surface area contributed by atoms with E-state index in [9.17, 15) is 57.8 Å². The van der Waals surface area contributed by atoms with E-state index in [1.807, 2.05) is 0 Å². The van der Waals surface area contributed by atoms with Crippen LogP contribution in [0.1, 0.15) is 110 Å². The number of rotatable bonds is 40. The average molecular weight is 1380 g/mol. The van der Waals surface area contributed by atoms with Gasteiger partial charge in [-0.15, -0.1) is 0 Å². The van der Waals surface area contributed by atoms with Crippen molar-refractivity contribution in [1.29, 1.82) is 0 Å². The van der Waals surface area contributed by atoms with Gasteiger partial charge in [0.1, 0.15) is 54.1 Å². The fourth-order valence-corrected chi connectivity index (χ4v) is 10.4. The smallest absolute Gasteiger partial charge is 0.245 e. The molecule has 96 heavy (non-hydrogen) atoms. The van der Waals surface area contributed by atoms with Crippen LogP contribution in [0, 0.1) is 5.92 Å². The van der Waals surface area contributed by atoms with Gasteiger partial charge >= 0.3 is 0 Å². The minimum Gasteiger partial charge on any atom is -0.508 e. The standard InChI is InChI=1S/C61H99N21O12S2/c1-7-33(2)45(54(92)78-40(19-13-27-72-59(68)69)56(94)82-28-14-20-42(82)53(91)80-46(48(63)86)60(3,4)95)79-51(89)39(18-12-26-71-58(66)67)76-50(88)38(17-11-25-70-57(64)65)77-55(93)47(61(5,6)96)81-52(90)41(30-34-15-9-8-10-16-34)75-44(85)32-73-43(84)31-74-49(87)37(62)29-35-21-23-36(83)24-22-35/h8-10,15-16,21-24,33,37-42,45-47,83,95-96H,7,11-14,17-20,25-32,62H2,1-6H3,(H2,63,86)(H,73,84)(H,74,87)(H,75,85)(H,76,88)(H,77,93)(H,78,92)(H,79,89)(H,80,91)(H,81,90)(H4,64,65,70)(H4,66,67,71)(H4,68,69,72)/t33-,37-,38-,39-,40-,41-,42-,45-,46+,47-/m0/s1. The van der Waals surface area contributed by atoms with Gasteiger partial charge in [0.2, 0.25) is 65.0 Å². The highest BCUT2D eigenvalue weighted by atomic mass is 32.1. The Kier molecular flexibility index (Phi) is 33.5. The monoisotopic (exact) mass is 1380 g/mol. The number of aromatic hydroxyl groups is 1. The molecule has 0 bridgehead atoms. The van der Waals surface area contributed by atoms with Crippen LogP contribution in [0.5, 0.6) is 5.75 Å². The fraction of sp³-hybridized carbons (Fsp3) is 0.574. The van der Waals surface area contributed by atoms with Crippen LogP contribution in [0.3, 0.4) is 0 Å². The number of amides is 11. The molecule has 2 aromatic rings. The lowest BCUT2D eigenvalue weighted by Crippen LogP contribution is -2.63. The number of phenols is 1. The lowest BCUT2D eigenvalue weighted by Gasteiger charge is -2.33. The molecule has 1 fully saturated rings. The minimum absolute atomic E-state index is 0.0106. The molecule has 11 amide bonds. The maximum Gasteiger partial charge on any atom is 0.245 e. The molecule has 1 aliphatic heterocycles.